The second kappa shape index (κ2) is 16.5. The molecule has 0 saturated carbocycles. The van der Waals surface area contributed by atoms with Gasteiger partial charge in [-0.15, -0.1) is 0 Å². The lowest BCUT2D eigenvalue weighted by Crippen LogP contribution is -2.59. The Bertz CT molecular complexity index is 2090. The molecule has 15 heteroatoms. The van der Waals surface area contributed by atoms with Gasteiger partial charge in [0.15, 0.2) is 0 Å². The van der Waals surface area contributed by atoms with Crippen molar-refractivity contribution >= 4 is 46.6 Å². The summed E-state index contributed by atoms with van der Waals surface area (Å²) in [5.41, 5.74) is 4.82. The van der Waals surface area contributed by atoms with Crippen LogP contribution in [-0.4, -0.2) is 128 Å². The first-order valence-electron chi connectivity index (χ1n) is 20.5. The summed E-state index contributed by atoms with van der Waals surface area (Å²) in [6.45, 7) is 12.5. The number of hydrogen-bond acceptors (Lipinski definition) is 11. The van der Waals surface area contributed by atoms with Gasteiger partial charge in [0.1, 0.15) is 23.7 Å². The van der Waals surface area contributed by atoms with Gasteiger partial charge in [0.2, 0.25) is 11.8 Å². The number of aromatic nitrogens is 1. The Morgan fingerprint density at radius 2 is 1.67 bits per heavy atom. The Morgan fingerprint density at radius 1 is 0.897 bits per heavy atom. The van der Waals surface area contributed by atoms with Crippen LogP contribution in [0.4, 0.5) is 27.7 Å². The number of methoxy groups -OCH3 is 1. The van der Waals surface area contributed by atoms with E-state index in [0.29, 0.717) is 54.5 Å². The number of amides is 5. The van der Waals surface area contributed by atoms with Crippen molar-refractivity contribution in [2.75, 3.05) is 86.0 Å². The third-order valence-corrected chi connectivity index (χ3v) is 12.6. The highest BCUT2D eigenvalue weighted by Gasteiger charge is 2.39. The summed E-state index contributed by atoms with van der Waals surface area (Å²) in [6, 6.07) is 17.0. The average molecular weight is 789 g/mol. The van der Waals surface area contributed by atoms with Crippen LogP contribution in [-0.2, 0) is 16.1 Å². The molecule has 304 valence electrons. The topological polar surface area (TPSA) is 158 Å². The predicted molar refractivity (Wildman–Crippen MR) is 220 cm³/mol. The van der Waals surface area contributed by atoms with Gasteiger partial charge in [-0.05, 0) is 87.1 Å². The summed E-state index contributed by atoms with van der Waals surface area (Å²) in [5, 5.41) is 14.8. The van der Waals surface area contributed by atoms with E-state index in [1.165, 1.54) is 0 Å². The van der Waals surface area contributed by atoms with E-state index in [9.17, 15) is 24.4 Å². The van der Waals surface area contributed by atoms with Gasteiger partial charge in [-0.25, -0.2) is 9.78 Å². The molecule has 5 aliphatic heterocycles. The number of piperidine rings is 2. The fourth-order valence-electron chi connectivity index (χ4n) is 9.22. The number of hydrogen-bond donors (Lipinski definition) is 2. The van der Waals surface area contributed by atoms with Crippen molar-refractivity contribution in [2.45, 2.75) is 64.2 Å². The van der Waals surface area contributed by atoms with E-state index in [-0.39, 0.29) is 42.3 Å². The molecule has 0 aliphatic carbocycles. The minimum absolute atomic E-state index is 0.0327. The summed E-state index contributed by atoms with van der Waals surface area (Å²) in [4.78, 5) is 68.4. The minimum Gasteiger partial charge on any atom is -0.495 e. The highest BCUT2D eigenvalue weighted by molar-refractivity contribution is 6.05. The maximum absolute atomic E-state index is 13.4. The lowest BCUT2D eigenvalue weighted by atomic mass is 9.96. The van der Waals surface area contributed by atoms with Gasteiger partial charge in [0.25, 0.3) is 5.91 Å². The molecule has 15 nitrogen and oxygen atoms in total. The number of imide groups is 1. The van der Waals surface area contributed by atoms with Crippen molar-refractivity contribution in [3.05, 3.63) is 71.4 Å². The molecule has 0 radical (unpaired) electrons. The van der Waals surface area contributed by atoms with E-state index in [1.807, 2.05) is 48.2 Å². The van der Waals surface area contributed by atoms with Crippen LogP contribution in [0.5, 0.6) is 5.75 Å². The molecule has 6 heterocycles. The van der Waals surface area contributed by atoms with Gasteiger partial charge >= 0.3 is 6.03 Å². The van der Waals surface area contributed by atoms with Crippen LogP contribution in [0.2, 0.25) is 0 Å². The van der Waals surface area contributed by atoms with E-state index < -0.39 is 6.04 Å². The summed E-state index contributed by atoms with van der Waals surface area (Å²) < 4.78 is 5.42. The molecule has 8 rings (SSSR count). The third-order valence-electron chi connectivity index (χ3n) is 12.6. The van der Waals surface area contributed by atoms with Crippen LogP contribution in [0.3, 0.4) is 0 Å². The SMILES string of the molecule is COc1cc(N2C[C@@H](C)N(C(=O)Nc3ccc(N4CCC(CN5CCN(c6ccc7c(c6)CN([C@H]6CCC(=O)NC6=O)C7=O)CC5)CC4)nc3)C[C@@H]2C)ccc1C#N. The molecule has 58 heavy (non-hydrogen) atoms. The van der Waals surface area contributed by atoms with Crippen molar-refractivity contribution in [1.82, 2.24) is 25.0 Å². The molecule has 0 spiro atoms. The van der Waals surface area contributed by atoms with Gasteiger partial charge in [-0.1, -0.05) is 0 Å². The predicted octanol–water partition coefficient (Wildman–Crippen LogP) is 3.89. The monoisotopic (exact) mass is 788 g/mol. The van der Waals surface area contributed by atoms with Crippen LogP contribution < -0.4 is 30.1 Å². The summed E-state index contributed by atoms with van der Waals surface area (Å²) in [5.74, 6) is 1.29. The first kappa shape index (κ1) is 39.0. The number of nitrogens with one attached hydrogen (secondary N) is 2. The zero-order valence-corrected chi connectivity index (χ0v) is 33.5. The molecule has 0 unspecified atom stereocenters. The van der Waals surface area contributed by atoms with Gasteiger partial charge in [-0.2, -0.15) is 5.26 Å². The van der Waals surface area contributed by atoms with Gasteiger partial charge in [0, 0.05) is 107 Å². The van der Waals surface area contributed by atoms with Crippen molar-refractivity contribution in [3.63, 3.8) is 0 Å². The largest absolute Gasteiger partial charge is 0.495 e. The molecule has 3 atom stereocenters. The number of carbonyl (C=O) groups is 4. The summed E-state index contributed by atoms with van der Waals surface area (Å²) in [6.07, 6.45) is 4.56. The summed E-state index contributed by atoms with van der Waals surface area (Å²) in [7, 11) is 1.57. The Kier molecular flexibility index (Phi) is 11.1. The minimum atomic E-state index is -0.602. The van der Waals surface area contributed by atoms with Crippen LogP contribution >= 0.6 is 0 Å². The molecule has 0 bridgehead atoms. The number of fused-ring (bicyclic) bond motifs is 1. The lowest BCUT2D eigenvalue weighted by Gasteiger charge is -2.45. The molecule has 2 N–H and O–H groups in total. The number of carbonyl (C=O) groups excluding carboxylic acids is 4. The number of piperazine rings is 2. The second-order valence-corrected chi connectivity index (χ2v) is 16.3. The molecular formula is C43H52N10O5. The number of pyridine rings is 1. The fraction of sp³-hybridized carbons (Fsp3) is 0.488. The summed E-state index contributed by atoms with van der Waals surface area (Å²) >= 11 is 0. The van der Waals surface area contributed by atoms with Gasteiger partial charge in [0.05, 0.1) is 24.6 Å². The Morgan fingerprint density at radius 3 is 2.38 bits per heavy atom. The molecule has 5 amide bonds. The fourth-order valence-corrected chi connectivity index (χ4v) is 9.22. The zero-order valence-electron chi connectivity index (χ0n) is 33.5. The molecule has 4 fully saturated rings. The van der Waals surface area contributed by atoms with Crippen LogP contribution in [0, 0.1) is 17.2 Å². The van der Waals surface area contributed by atoms with E-state index in [0.717, 1.165) is 81.4 Å². The number of ether oxygens (including phenoxy) is 1. The first-order valence-corrected chi connectivity index (χ1v) is 20.5. The normalized spacial score (nSPS) is 23.1. The number of benzene rings is 2. The van der Waals surface area contributed by atoms with E-state index in [4.69, 9.17) is 9.72 Å². The smallest absolute Gasteiger partial charge is 0.322 e. The number of anilines is 4. The Hall–Kier alpha value is -5.88. The average Bonchev–Trinajstić information content (AvgIpc) is 3.56. The number of urea groups is 1. The van der Waals surface area contributed by atoms with E-state index in [2.05, 4.69) is 49.3 Å². The number of rotatable bonds is 8. The zero-order chi connectivity index (χ0) is 40.5. The molecule has 3 aromatic rings. The third kappa shape index (κ3) is 7.98. The number of nitriles is 1. The Labute approximate surface area is 339 Å². The highest BCUT2D eigenvalue weighted by Crippen LogP contribution is 2.33. The van der Waals surface area contributed by atoms with Crippen molar-refractivity contribution in [2.24, 2.45) is 5.92 Å². The maximum Gasteiger partial charge on any atom is 0.322 e. The number of nitrogens with zero attached hydrogens (tertiary/aromatic N) is 8. The van der Waals surface area contributed by atoms with Crippen molar-refractivity contribution in [3.8, 4) is 11.8 Å². The lowest BCUT2D eigenvalue weighted by molar-refractivity contribution is -0.136. The molecular weight excluding hydrogens is 737 g/mol. The molecule has 5 aliphatic rings. The van der Waals surface area contributed by atoms with E-state index >= 15 is 0 Å². The highest BCUT2D eigenvalue weighted by atomic mass is 16.5. The standard InChI is InChI=1S/C43H52N10O5/c1-28-25-52(29(2)24-51(28)35-6-4-31(22-44)38(21-35)58-3)43(57)46-33-5-10-39(45-23-33)50-14-12-30(13-15-50)26-48-16-18-49(19-17-48)34-7-8-36-32(20-34)27-53(42(36)56)37-9-11-40(54)47-41(37)55/h4-8,10,20-21,23,28-30,37H,9,11-19,24-27H2,1-3H3,(H,46,57)(H,47,54,55)/t28-,29+,37-/m0/s1. The Balaban J connectivity index is 0.769. The molecule has 4 saturated heterocycles. The van der Waals surface area contributed by atoms with Gasteiger partial charge < -0.3 is 34.6 Å². The maximum atomic E-state index is 13.4. The quantitative estimate of drug-likeness (QED) is 0.319. The second-order valence-electron chi connectivity index (χ2n) is 16.3. The van der Waals surface area contributed by atoms with Crippen LogP contribution in [0.15, 0.2) is 54.7 Å². The van der Waals surface area contributed by atoms with Crippen LogP contribution in [0.1, 0.15) is 61.0 Å². The van der Waals surface area contributed by atoms with Crippen molar-refractivity contribution in [1.29, 1.82) is 5.26 Å². The molecule has 1 aromatic heterocycles. The molecule has 2 aromatic carbocycles. The van der Waals surface area contributed by atoms with Crippen LogP contribution in [0.25, 0.3) is 0 Å². The van der Waals surface area contributed by atoms with E-state index in [1.54, 1.807) is 24.3 Å². The van der Waals surface area contributed by atoms with Crippen molar-refractivity contribution < 1.29 is 23.9 Å². The first-order chi connectivity index (χ1) is 28.1. The van der Waals surface area contributed by atoms with Gasteiger partial charge in [-0.3, -0.25) is 24.6 Å².